The third kappa shape index (κ3) is 2.17. The Morgan fingerprint density at radius 1 is 1.00 bits per heavy atom. The molecule has 0 aliphatic heterocycles. The Bertz CT molecular complexity index is 643. The summed E-state index contributed by atoms with van der Waals surface area (Å²) < 4.78 is 1.79. The second kappa shape index (κ2) is 4.22. The van der Waals surface area contributed by atoms with E-state index in [2.05, 4.69) is 47.6 Å². The average Bonchev–Trinajstić information content (AvgIpc) is 2.79. The van der Waals surface area contributed by atoms with Gasteiger partial charge in [-0.2, -0.15) is 0 Å². The summed E-state index contributed by atoms with van der Waals surface area (Å²) in [6.45, 7) is 2.09. The van der Waals surface area contributed by atoms with Crippen LogP contribution >= 0.6 is 11.8 Å². The van der Waals surface area contributed by atoms with Gasteiger partial charge in [-0.1, -0.05) is 34.7 Å². The molecule has 0 unspecified atom stereocenters. The predicted octanol–water partition coefficient (Wildman–Crippen LogP) is 3.19. The molecule has 1 aromatic carbocycles. The maximum Gasteiger partial charge on any atom is 0.0865 e. The van der Waals surface area contributed by atoms with Gasteiger partial charge in [-0.25, -0.2) is 4.52 Å². The van der Waals surface area contributed by atoms with Crippen molar-refractivity contribution in [3.05, 3.63) is 54.4 Å². The van der Waals surface area contributed by atoms with Crippen LogP contribution in [0.25, 0.3) is 5.52 Å². The summed E-state index contributed by atoms with van der Waals surface area (Å²) in [7, 11) is 0. The maximum atomic E-state index is 3.99. The summed E-state index contributed by atoms with van der Waals surface area (Å²) in [6, 6.07) is 12.6. The Hall–Kier alpha value is -1.81. The highest BCUT2D eigenvalue weighted by atomic mass is 32.2. The first-order chi connectivity index (χ1) is 8.31. The van der Waals surface area contributed by atoms with Crippen LogP contribution in [0.15, 0.2) is 58.6 Å². The van der Waals surface area contributed by atoms with Crippen LogP contribution in [0.1, 0.15) is 5.56 Å². The number of aromatic nitrogens is 3. The molecule has 0 amide bonds. The van der Waals surface area contributed by atoms with E-state index in [4.69, 9.17) is 0 Å². The molecular weight excluding hydrogens is 230 g/mol. The van der Waals surface area contributed by atoms with E-state index in [9.17, 15) is 0 Å². The number of aryl methyl sites for hydroxylation is 1. The topological polar surface area (TPSA) is 30.2 Å². The molecule has 0 bridgehead atoms. The van der Waals surface area contributed by atoms with Crippen molar-refractivity contribution in [2.24, 2.45) is 0 Å². The van der Waals surface area contributed by atoms with Gasteiger partial charge in [-0.15, -0.1) is 5.10 Å². The monoisotopic (exact) mass is 241 g/mol. The quantitative estimate of drug-likeness (QED) is 0.690. The molecule has 0 spiro atoms. The Labute approximate surface area is 103 Å². The molecule has 0 N–H and O–H groups in total. The summed E-state index contributed by atoms with van der Waals surface area (Å²) in [5, 5.41) is 7.85. The van der Waals surface area contributed by atoms with Crippen LogP contribution < -0.4 is 0 Å². The van der Waals surface area contributed by atoms with E-state index >= 15 is 0 Å². The summed E-state index contributed by atoms with van der Waals surface area (Å²) in [6.07, 6.45) is 3.74. The number of hydrogen-bond acceptors (Lipinski definition) is 3. The van der Waals surface area contributed by atoms with Crippen LogP contribution in [0.5, 0.6) is 0 Å². The summed E-state index contributed by atoms with van der Waals surface area (Å²) in [5.74, 6) is 0. The lowest BCUT2D eigenvalue weighted by Crippen LogP contribution is -1.87. The highest BCUT2D eigenvalue weighted by molar-refractivity contribution is 7.99. The predicted molar refractivity (Wildman–Crippen MR) is 68.3 cm³/mol. The Balaban J connectivity index is 1.91. The second-order valence-corrected chi connectivity index (χ2v) is 5.03. The lowest BCUT2D eigenvalue weighted by molar-refractivity contribution is 0.844. The second-order valence-electron chi connectivity index (χ2n) is 3.88. The van der Waals surface area contributed by atoms with Crippen LogP contribution in [-0.4, -0.2) is 14.8 Å². The summed E-state index contributed by atoms with van der Waals surface area (Å²) in [4.78, 5) is 2.39. The zero-order valence-electron chi connectivity index (χ0n) is 9.37. The molecule has 0 aliphatic rings. The molecule has 0 saturated heterocycles. The SMILES string of the molecule is Cc1ccc(Sc2ccc3cnnn3c2)cc1. The Morgan fingerprint density at radius 3 is 2.59 bits per heavy atom. The maximum absolute atomic E-state index is 3.99. The van der Waals surface area contributed by atoms with Crippen LogP contribution in [0.3, 0.4) is 0 Å². The lowest BCUT2D eigenvalue weighted by atomic mass is 10.2. The zero-order valence-corrected chi connectivity index (χ0v) is 10.2. The Kier molecular flexibility index (Phi) is 2.57. The van der Waals surface area contributed by atoms with E-state index in [0.29, 0.717) is 0 Å². The van der Waals surface area contributed by atoms with Crippen LogP contribution in [0.2, 0.25) is 0 Å². The molecule has 2 aromatic heterocycles. The fourth-order valence-corrected chi connectivity index (χ4v) is 2.44. The minimum absolute atomic E-state index is 1.01. The van der Waals surface area contributed by atoms with Gasteiger partial charge < -0.3 is 0 Å². The van der Waals surface area contributed by atoms with Crippen LogP contribution in [-0.2, 0) is 0 Å². The van der Waals surface area contributed by atoms with Gasteiger partial charge >= 0.3 is 0 Å². The molecule has 2 heterocycles. The van der Waals surface area contributed by atoms with Crippen molar-refractivity contribution in [3.63, 3.8) is 0 Å². The fourth-order valence-electron chi connectivity index (χ4n) is 1.60. The number of benzene rings is 1. The average molecular weight is 241 g/mol. The molecule has 3 nitrogen and oxygen atoms in total. The third-order valence-electron chi connectivity index (χ3n) is 2.53. The van der Waals surface area contributed by atoms with Gasteiger partial charge in [0.2, 0.25) is 0 Å². The molecule has 4 heteroatoms. The van der Waals surface area contributed by atoms with Crippen LogP contribution in [0.4, 0.5) is 0 Å². The molecule has 17 heavy (non-hydrogen) atoms. The van der Waals surface area contributed by atoms with Crippen molar-refractivity contribution < 1.29 is 0 Å². The summed E-state index contributed by atoms with van der Waals surface area (Å²) >= 11 is 1.73. The lowest BCUT2D eigenvalue weighted by Gasteiger charge is -2.02. The largest absolute Gasteiger partial charge is 0.220 e. The third-order valence-corrected chi connectivity index (χ3v) is 3.51. The number of hydrogen-bond donors (Lipinski definition) is 0. The zero-order chi connectivity index (χ0) is 11.7. The van der Waals surface area contributed by atoms with Gasteiger partial charge in [-0.3, -0.25) is 0 Å². The van der Waals surface area contributed by atoms with Gasteiger partial charge in [0, 0.05) is 16.0 Å². The van der Waals surface area contributed by atoms with E-state index in [1.54, 1.807) is 22.5 Å². The minimum atomic E-state index is 1.01. The molecule has 0 saturated carbocycles. The first kappa shape index (κ1) is 10.4. The van der Waals surface area contributed by atoms with Crippen molar-refractivity contribution in [1.29, 1.82) is 0 Å². The normalized spacial score (nSPS) is 10.9. The van der Waals surface area contributed by atoms with Crippen molar-refractivity contribution in [3.8, 4) is 0 Å². The van der Waals surface area contributed by atoms with Gasteiger partial charge in [0.15, 0.2) is 0 Å². The standard InChI is InChI=1S/C13H11N3S/c1-10-2-5-12(6-3-10)17-13-7-4-11-8-14-15-16(11)9-13/h2-9H,1H3. The highest BCUT2D eigenvalue weighted by Crippen LogP contribution is 2.27. The van der Waals surface area contributed by atoms with E-state index in [1.165, 1.54) is 10.5 Å². The molecule has 0 aliphatic carbocycles. The minimum Gasteiger partial charge on any atom is -0.220 e. The van der Waals surface area contributed by atoms with E-state index in [1.807, 2.05) is 12.3 Å². The first-order valence-electron chi connectivity index (χ1n) is 5.36. The fraction of sp³-hybridized carbons (Fsp3) is 0.0769. The van der Waals surface area contributed by atoms with Crippen molar-refractivity contribution in [1.82, 2.24) is 14.8 Å². The molecule has 3 aromatic rings. The highest BCUT2D eigenvalue weighted by Gasteiger charge is 2.00. The smallest absolute Gasteiger partial charge is 0.0865 e. The molecule has 0 fully saturated rings. The number of rotatable bonds is 2. The van der Waals surface area contributed by atoms with E-state index in [-0.39, 0.29) is 0 Å². The van der Waals surface area contributed by atoms with Gasteiger partial charge in [0.05, 0.1) is 11.7 Å². The van der Waals surface area contributed by atoms with Crippen molar-refractivity contribution in [2.75, 3.05) is 0 Å². The number of pyridine rings is 1. The van der Waals surface area contributed by atoms with Gasteiger partial charge in [-0.05, 0) is 31.2 Å². The summed E-state index contributed by atoms with van der Waals surface area (Å²) in [5.41, 5.74) is 2.29. The molecule has 84 valence electrons. The molecule has 0 atom stereocenters. The molecule has 3 rings (SSSR count). The number of fused-ring (bicyclic) bond motifs is 1. The van der Waals surface area contributed by atoms with Gasteiger partial charge in [0.1, 0.15) is 0 Å². The van der Waals surface area contributed by atoms with Crippen molar-refractivity contribution >= 4 is 17.3 Å². The molecule has 0 radical (unpaired) electrons. The first-order valence-corrected chi connectivity index (χ1v) is 6.17. The van der Waals surface area contributed by atoms with Crippen LogP contribution in [0, 0.1) is 6.92 Å². The Morgan fingerprint density at radius 2 is 1.76 bits per heavy atom. The van der Waals surface area contributed by atoms with Crippen molar-refractivity contribution in [2.45, 2.75) is 16.7 Å². The van der Waals surface area contributed by atoms with Gasteiger partial charge in [0.25, 0.3) is 0 Å². The number of nitrogens with zero attached hydrogens (tertiary/aromatic N) is 3. The van der Waals surface area contributed by atoms with E-state index < -0.39 is 0 Å². The van der Waals surface area contributed by atoms with E-state index in [0.717, 1.165) is 10.4 Å². The molecular formula is C13H11N3S.